The van der Waals surface area contributed by atoms with Gasteiger partial charge in [-0.3, -0.25) is 0 Å². The van der Waals surface area contributed by atoms with Gasteiger partial charge in [-0.05, 0) is 0 Å². The van der Waals surface area contributed by atoms with Gasteiger partial charge in [-0.1, -0.05) is 0 Å². The Morgan fingerprint density at radius 3 is 1.62 bits per heavy atom. The molecular weight excluding hydrogens is 379 g/mol. The van der Waals surface area contributed by atoms with Crippen molar-refractivity contribution < 1.29 is 14.1 Å². The molecule has 0 amide bonds. The molecule has 0 saturated carbocycles. The molecule has 4 heteroatoms. The fourth-order valence-corrected chi connectivity index (χ4v) is 11.3. The van der Waals surface area contributed by atoms with E-state index in [0.717, 1.165) is 11.3 Å². The molecule has 0 aromatic heterocycles. The summed E-state index contributed by atoms with van der Waals surface area (Å²) in [7, 11) is 1.44. The minimum atomic E-state index is -2.41. The van der Waals surface area contributed by atoms with E-state index in [9.17, 15) is 4.79 Å². The zero-order valence-electron chi connectivity index (χ0n) is 19.9. The Balaban J connectivity index is 3.49. The molecule has 0 aliphatic rings. The van der Waals surface area contributed by atoms with Crippen LogP contribution in [-0.4, -0.2) is 37.7 Å². The maximum absolute atomic E-state index is 12.2. The number of ether oxygens (including phenoxy) is 1. The van der Waals surface area contributed by atoms with Crippen molar-refractivity contribution in [3.63, 3.8) is 0 Å². The van der Waals surface area contributed by atoms with Crippen LogP contribution in [0.5, 0.6) is 5.75 Å². The third kappa shape index (κ3) is 7.59. The van der Waals surface area contributed by atoms with Crippen LogP contribution in [-0.2, 0) is 4.74 Å². The predicted octanol–water partition coefficient (Wildman–Crippen LogP) is 7.83. The summed E-state index contributed by atoms with van der Waals surface area (Å²) in [5.74, 6) is 0.588. The molecule has 0 bridgehead atoms. The summed E-state index contributed by atoms with van der Waals surface area (Å²) in [6.07, 6.45) is 14.6. The Labute approximate surface area is 180 Å². The number of benzene rings is 1. The molecule has 0 aliphatic carbocycles. The normalized spacial score (nSPS) is 13.0. The van der Waals surface area contributed by atoms with Crippen molar-refractivity contribution in [2.45, 2.75) is 86.0 Å². The van der Waals surface area contributed by atoms with E-state index in [0.29, 0.717) is 5.56 Å². The van der Waals surface area contributed by atoms with E-state index in [2.05, 4.69) is 33.8 Å². The number of hydrogen-bond donors (Lipinski definition) is 0. The van der Waals surface area contributed by atoms with Crippen molar-refractivity contribution in [2.24, 2.45) is 0 Å². The van der Waals surface area contributed by atoms with Gasteiger partial charge in [0.25, 0.3) is 0 Å². The number of carbonyl (C=O) groups is 1. The van der Waals surface area contributed by atoms with Crippen molar-refractivity contribution in [1.82, 2.24) is 0 Å². The van der Waals surface area contributed by atoms with Crippen molar-refractivity contribution in [3.05, 3.63) is 29.3 Å². The quantitative estimate of drug-likeness (QED) is 0.212. The van der Waals surface area contributed by atoms with Gasteiger partial charge in [0, 0.05) is 0 Å². The van der Waals surface area contributed by atoms with E-state index in [1.165, 1.54) is 83.1 Å². The van der Waals surface area contributed by atoms with E-state index in [1.54, 1.807) is 0 Å². The minimum absolute atomic E-state index is 0.289. The Morgan fingerprint density at radius 2 is 1.24 bits per heavy atom. The number of esters is 1. The Morgan fingerprint density at radius 1 is 0.793 bits per heavy atom. The van der Waals surface area contributed by atoms with Gasteiger partial charge in [-0.25, -0.2) is 0 Å². The molecule has 0 atom stereocenters. The van der Waals surface area contributed by atoms with Gasteiger partial charge in [0.15, 0.2) is 0 Å². The SMILES string of the molecule is CCCCP(CCCC)(CCCC)(CCCC)Oc1cc(C)cc(C(=O)OC)c1. The van der Waals surface area contributed by atoms with Gasteiger partial charge in [-0.15, -0.1) is 0 Å². The molecule has 0 spiro atoms. The number of aryl methyl sites for hydroxylation is 1. The molecule has 29 heavy (non-hydrogen) atoms. The molecule has 0 unspecified atom stereocenters. The average molecular weight is 425 g/mol. The van der Waals surface area contributed by atoms with Gasteiger partial charge in [0.05, 0.1) is 0 Å². The van der Waals surface area contributed by atoms with Gasteiger partial charge in [0.2, 0.25) is 0 Å². The van der Waals surface area contributed by atoms with Crippen LogP contribution in [0.1, 0.15) is 95.0 Å². The Hall–Kier alpha value is -1.08. The van der Waals surface area contributed by atoms with E-state index >= 15 is 0 Å². The fraction of sp³-hybridized carbons (Fsp3) is 0.720. The van der Waals surface area contributed by atoms with Crippen molar-refractivity contribution in [1.29, 1.82) is 0 Å². The van der Waals surface area contributed by atoms with Gasteiger partial charge in [0.1, 0.15) is 0 Å². The van der Waals surface area contributed by atoms with Crippen LogP contribution < -0.4 is 4.52 Å². The van der Waals surface area contributed by atoms with E-state index in [4.69, 9.17) is 9.26 Å². The Kier molecular flexibility index (Phi) is 11.3. The van der Waals surface area contributed by atoms with Crippen molar-refractivity contribution >= 4 is 12.8 Å². The second kappa shape index (κ2) is 12.6. The maximum atomic E-state index is 12.2. The standard InChI is InChI=1S/C25H45O3P/c1-7-11-15-29(16-12-8-2,17-13-9-3,18-14-10-4)28-24-20-22(5)19-23(21-24)25(26)27-6/h19-21H,7-18H2,1-6H3. The first-order valence-electron chi connectivity index (χ1n) is 11.8. The van der Waals surface area contributed by atoms with Crippen LogP contribution in [0.25, 0.3) is 0 Å². The number of carbonyl (C=O) groups excluding carboxylic acids is 1. The van der Waals surface area contributed by atoms with Crippen LogP contribution in [0.15, 0.2) is 18.2 Å². The monoisotopic (exact) mass is 424 g/mol. The second-order valence-electron chi connectivity index (χ2n) is 8.78. The summed E-state index contributed by atoms with van der Waals surface area (Å²) >= 11 is 0. The molecular formula is C25H45O3P. The summed E-state index contributed by atoms with van der Waals surface area (Å²) in [5, 5.41) is 0. The molecule has 1 aromatic rings. The fourth-order valence-electron chi connectivity index (χ4n) is 4.42. The van der Waals surface area contributed by atoms with Crippen LogP contribution >= 0.6 is 6.83 Å². The first-order chi connectivity index (χ1) is 13.9. The summed E-state index contributed by atoms with van der Waals surface area (Å²) in [6.45, 7) is 8.76. The predicted molar refractivity (Wildman–Crippen MR) is 129 cm³/mol. The molecule has 0 N–H and O–H groups in total. The number of hydrogen-bond acceptors (Lipinski definition) is 3. The topological polar surface area (TPSA) is 35.5 Å². The van der Waals surface area contributed by atoms with Gasteiger partial charge < -0.3 is 0 Å². The molecule has 0 radical (unpaired) electrons. The average Bonchev–Trinajstić information content (AvgIpc) is 2.73. The number of methoxy groups -OCH3 is 1. The van der Waals surface area contributed by atoms with Crippen molar-refractivity contribution in [3.8, 4) is 5.75 Å². The van der Waals surface area contributed by atoms with Gasteiger partial charge >= 0.3 is 180 Å². The van der Waals surface area contributed by atoms with Crippen LogP contribution in [0.2, 0.25) is 0 Å². The third-order valence-corrected chi connectivity index (χ3v) is 12.7. The van der Waals surface area contributed by atoms with Crippen molar-refractivity contribution in [2.75, 3.05) is 31.8 Å². The molecule has 0 heterocycles. The third-order valence-electron chi connectivity index (χ3n) is 6.14. The van der Waals surface area contributed by atoms with Crippen LogP contribution in [0.3, 0.4) is 0 Å². The number of rotatable bonds is 15. The van der Waals surface area contributed by atoms with Crippen LogP contribution in [0, 0.1) is 6.92 Å². The van der Waals surface area contributed by atoms with E-state index < -0.39 is 6.83 Å². The Bertz CT molecular complexity index is 583. The molecule has 0 saturated heterocycles. The number of unbranched alkanes of at least 4 members (excludes halogenated alkanes) is 4. The molecule has 1 aromatic carbocycles. The second-order valence-corrected chi connectivity index (χ2v) is 14.5. The molecule has 1 rings (SSSR count). The summed E-state index contributed by atoms with van der Waals surface area (Å²) in [5.41, 5.74) is 1.65. The zero-order valence-corrected chi connectivity index (χ0v) is 20.8. The zero-order chi connectivity index (χ0) is 21.8. The summed E-state index contributed by atoms with van der Waals surface area (Å²) < 4.78 is 12.2. The van der Waals surface area contributed by atoms with E-state index in [1.807, 2.05) is 19.1 Å². The molecule has 0 aliphatic heterocycles. The summed E-state index contributed by atoms with van der Waals surface area (Å²) in [4.78, 5) is 12.2. The molecule has 3 nitrogen and oxygen atoms in total. The molecule has 0 fully saturated rings. The van der Waals surface area contributed by atoms with E-state index in [-0.39, 0.29) is 5.97 Å². The first-order valence-corrected chi connectivity index (χ1v) is 14.7. The molecule has 168 valence electrons. The summed E-state index contributed by atoms with van der Waals surface area (Å²) in [6, 6.07) is 5.92. The van der Waals surface area contributed by atoms with Crippen LogP contribution in [0.4, 0.5) is 0 Å². The first kappa shape index (κ1) is 26.0. The van der Waals surface area contributed by atoms with Gasteiger partial charge in [-0.2, -0.15) is 0 Å².